The van der Waals surface area contributed by atoms with Crippen LogP contribution in [0.1, 0.15) is 34.4 Å². The average molecular weight is 782 g/mol. The lowest BCUT2D eigenvalue weighted by atomic mass is 9.83. The maximum absolute atomic E-state index is 4.65. The van der Waals surface area contributed by atoms with Gasteiger partial charge < -0.3 is 18.7 Å². The van der Waals surface area contributed by atoms with Gasteiger partial charge in [0.05, 0.1) is 45.0 Å². The van der Waals surface area contributed by atoms with Crippen LogP contribution in [-0.2, 0) is 19.3 Å². The zero-order valence-corrected chi connectivity index (χ0v) is 33.7. The van der Waals surface area contributed by atoms with E-state index in [0.29, 0.717) is 0 Å². The van der Waals surface area contributed by atoms with Crippen LogP contribution in [0, 0.1) is 6.92 Å². The van der Waals surface area contributed by atoms with Crippen LogP contribution < -0.4 is 0 Å². The van der Waals surface area contributed by atoms with Crippen molar-refractivity contribution in [3.05, 3.63) is 186 Å². The summed E-state index contributed by atoms with van der Waals surface area (Å²) in [5.74, 6) is 0. The van der Waals surface area contributed by atoms with Crippen LogP contribution >= 0.6 is 0 Å². The summed E-state index contributed by atoms with van der Waals surface area (Å²) in [6, 6.07) is 54.3. The number of fused-ring (bicyclic) bond motifs is 15. The standard InChI is InChI=1S/C56H39N5/c1-33-24-25-57-32-56(33)61-54-23-21-37(60-52-16-8-4-12-40(52)41-13-5-9-17-53(41)60)29-47(54)46-27-35-19-18-34-26-44-45-28-36(20-22-48(45)58-49(44)30-42(34)43(35)31-55(46)61)59-50-14-6-2-10-38(50)39-11-3-7-15-51(39)59/h2-17,21,23-32,58H,18-20,22H2,1H3. The molecule has 14 rings (SSSR count). The average Bonchev–Trinajstić information content (AvgIpc) is 4.03. The molecule has 12 aromatic rings. The topological polar surface area (TPSA) is 43.5 Å². The fourth-order valence-corrected chi connectivity index (χ4v) is 11.2. The number of hydrogen-bond donors (Lipinski definition) is 1. The molecule has 0 bridgehead atoms. The van der Waals surface area contributed by atoms with E-state index < -0.39 is 0 Å². The number of rotatable bonds is 3. The highest BCUT2D eigenvalue weighted by molar-refractivity contribution is 6.14. The fourth-order valence-electron chi connectivity index (χ4n) is 11.2. The first-order valence-corrected chi connectivity index (χ1v) is 21.5. The molecular formula is C56H39N5. The van der Waals surface area contributed by atoms with Gasteiger partial charge >= 0.3 is 0 Å². The van der Waals surface area contributed by atoms with Crippen molar-refractivity contribution in [2.75, 3.05) is 0 Å². The largest absolute Gasteiger partial charge is 0.358 e. The quantitative estimate of drug-likeness (QED) is 0.191. The molecule has 288 valence electrons. The number of nitrogens with zero attached hydrogens (tertiary/aromatic N) is 4. The second-order valence-electron chi connectivity index (χ2n) is 17.2. The molecule has 0 radical (unpaired) electrons. The summed E-state index contributed by atoms with van der Waals surface area (Å²) in [6.07, 6.45) is 10.4. The highest BCUT2D eigenvalue weighted by Gasteiger charge is 2.26. The van der Waals surface area contributed by atoms with E-state index in [4.69, 9.17) is 0 Å². The van der Waals surface area contributed by atoms with Crippen LogP contribution in [-0.4, -0.2) is 23.7 Å². The van der Waals surface area contributed by atoms with Crippen molar-refractivity contribution in [2.45, 2.75) is 32.6 Å². The van der Waals surface area contributed by atoms with E-state index in [1.165, 1.54) is 127 Å². The van der Waals surface area contributed by atoms with E-state index in [0.717, 1.165) is 31.4 Å². The second-order valence-corrected chi connectivity index (χ2v) is 17.2. The number of aromatic amines is 1. The minimum Gasteiger partial charge on any atom is -0.358 e. The summed E-state index contributed by atoms with van der Waals surface area (Å²) in [5, 5.41) is 9.03. The van der Waals surface area contributed by atoms with Crippen molar-refractivity contribution >= 4 is 88.1 Å². The minimum atomic E-state index is 0.986. The molecule has 0 saturated heterocycles. The van der Waals surface area contributed by atoms with Crippen molar-refractivity contribution in [1.82, 2.24) is 23.7 Å². The molecule has 0 unspecified atom stereocenters. The summed E-state index contributed by atoms with van der Waals surface area (Å²) in [5.41, 5.74) is 21.6. The molecule has 0 spiro atoms. The monoisotopic (exact) mass is 781 g/mol. The molecular weight excluding hydrogens is 743 g/mol. The van der Waals surface area contributed by atoms with Gasteiger partial charge in [-0.15, -0.1) is 0 Å². The van der Waals surface area contributed by atoms with Crippen molar-refractivity contribution in [3.63, 3.8) is 0 Å². The van der Waals surface area contributed by atoms with Gasteiger partial charge in [-0.2, -0.15) is 0 Å². The Bertz CT molecular complexity index is 3790. The third-order valence-electron chi connectivity index (χ3n) is 14.0. The van der Waals surface area contributed by atoms with E-state index in [-0.39, 0.29) is 0 Å². The highest BCUT2D eigenvalue weighted by Crippen LogP contribution is 2.45. The van der Waals surface area contributed by atoms with E-state index in [2.05, 4.69) is 182 Å². The number of H-pyrrole nitrogens is 1. The fraction of sp³-hybridized carbons (Fsp3) is 0.0893. The number of hydrogen-bond acceptors (Lipinski definition) is 1. The Morgan fingerprint density at radius 2 is 1.05 bits per heavy atom. The van der Waals surface area contributed by atoms with Crippen LogP contribution in [0.3, 0.4) is 0 Å². The summed E-state index contributed by atoms with van der Waals surface area (Å²) < 4.78 is 7.38. The molecule has 0 amide bonds. The Kier molecular flexibility index (Phi) is 6.65. The number of pyridine rings is 1. The van der Waals surface area contributed by atoms with Crippen molar-refractivity contribution in [3.8, 4) is 22.5 Å². The summed E-state index contributed by atoms with van der Waals surface area (Å²) in [4.78, 5) is 8.56. The molecule has 0 atom stereocenters. The molecule has 5 nitrogen and oxygen atoms in total. The summed E-state index contributed by atoms with van der Waals surface area (Å²) >= 11 is 0. The number of allylic oxidation sites excluding steroid dienone is 1. The van der Waals surface area contributed by atoms with Crippen LogP contribution in [0.15, 0.2) is 158 Å². The Morgan fingerprint density at radius 1 is 0.475 bits per heavy atom. The molecule has 2 aliphatic rings. The number of aryl methyl sites for hydroxylation is 4. The zero-order chi connectivity index (χ0) is 39.9. The first-order chi connectivity index (χ1) is 30.2. The Labute approximate surface area is 351 Å². The SMILES string of the molecule is Cc1ccncc1-n1c2ccc(-n3c4ccccc4c4ccccc43)cc2c2cc3c(cc21)-c1cc2[nH]c4c(c2cc1CC3)C=C(n1c2ccccc2c2ccccc21)CC4. The van der Waals surface area contributed by atoms with Gasteiger partial charge in [-0.1, -0.05) is 72.8 Å². The van der Waals surface area contributed by atoms with Gasteiger partial charge in [-0.3, -0.25) is 4.98 Å². The molecule has 61 heavy (non-hydrogen) atoms. The lowest BCUT2D eigenvalue weighted by molar-refractivity contribution is 0.921. The van der Waals surface area contributed by atoms with Crippen LogP contribution in [0.5, 0.6) is 0 Å². The molecule has 7 aromatic carbocycles. The Balaban J connectivity index is 0.960. The predicted octanol–water partition coefficient (Wildman–Crippen LogP) is 13.9. The summed E-state index contributed by atoms with van der Waals surface area (Å²) in [6.45, 7) is 2.19. The zero-order valence-electron chi connectivity index (χ0n) is 33.7. The van der Waals surface area contributed by atoms with Crippen LogP contribution in [0.25, 0.3) is 111 Å². The smallest absolute Gasteiger partial charge is 0.0674 e. The van der Waals surface area contributed by atoms with Gasteiger partial charge in [-0.25, -0.2) is 0 Å². The number of para-hydroxylation sites is 4. The molecule has 0 saturated carbocycles. The van der Waals surface area contributed by atoms with Gasteiger partial charge in [-0.05, 0) is 139 Å². The van der Waals surface area contributed by atoms with Crippen molar-refractivity contribution < 1.29 is 0 Å². The first kappa shape index (κ1) is 33.2. The maximum Gasteiger partial charge on any atom is 0.0674 e. The molecule has 5 aromatic heterocycles. The van der Waals surface area contributed by atoms with Crippen LogP contribution in [0.2, 0.25) is 0 Å². The molecule has 5 heterocycles. The lowest BCUT2D eigenvalue weighted by Gasteiger charge is -2.21. The Hall–Kier alpha value is -7.63. The van der Waals surface area contributed by atoms with Gasteiger partial charge in [0.1, 0.15) is 0 Å². The molecule has 2 aliphatic carbocycles. The van der Waals surface area contributed by atoms with E-state index in [1.807, 2.05) is 12.4 Å². The molecule has 5 heteroatoms. The van der Waals surface area contributed by atoms with Gasteiger partial charge in [0.25, 0.3) is 0 Å². The van der Waals surface area contributed by atoms with Gasteiger partial charge in [0.2, 0.25) is 0 Å². The third-order valence-corrected chi connectivity index (χ3v) is 14.0. The molecule has 1 N–H and O–H groups in total. The van der Waals surface area contributed by atoms with Crippen molar-refractivity contribution in [1.29, 1.82) is 0 Å². The third kappa shape index (κ3) is 4.58. The van der Waals surface area contributed by atoms with E-state index in [9.17, 15) is 0 Å². The lowest BCUT2D eigenvalue weighted by Crippen LogP contribution is -2.05. The first-order valence-electron chi connectivity index (χ1n) is 21.5. The maximum atomic E-state index is 4.65. The molecule has 0 aliphatic heterocycles. The summed E-state index contributed by atoms with van der Waals surface area (Å²) in [7, 11) is 0. The van der Waals surface area contributed by atoms with Crippen LogP contribution in [0.4, 0.5) is 0 Å². The number of aromatic nitrogens is 5. The number of benzene rings is 7. The van der Waals surface area contributed by atoms with Gasteiger partial charge in [0, 0.05) is 72.1 Å². The number of nitrogens with one attached hydrogen (secondary N) is 1. The van der Waals surface area contributed by atoms with E-state index >= 15 is 0 Å². The molecule has 0 fully saturated rings. The van der Waals surface area contributed by atoms with Gasteiger partial charge in [0.15, 0.2) is 0 Å². The highest BCUT2D eigenvalue weighted by atomic mass is 15.0. The minimum absolute atomic E-state index is 0.986. The normalized spacial score (nSPS) is 13.8. The van der Waals surface area contributed by atoms with E-state index in [1.54, 1.807) is 0 Å². The van der Waals surface area contributed by atoms with Crippen molar-refractivity contribution in [2.24, 2.45) is 0 Å². The Morgan fingerprint density at radius 3 is 1.70 bits per heavy atom. The predicted molar refractivity (Wildman–Crippen MR) is 254 cm³/mol. The second kappa shape index (κ2) is 12.2.